The highest BCUT2D eigenvalue weighted by molar-refractivity contribution is 6.26. The maximum atomic E-state index is 9.19. The normalized spacial score (nSPS) is 11.5. The van der Waals surface area contributed by atoms with Crippen molar-refractivity contribution in [2.45, 2.75) is 0 Å². The van der Waals surface area contributed by atoms with Gasteiger partial charge in [0.1, 0.15) is 6.07 Å². The topological polar surface area (TPSA) is 46.5 Å². The molecule has 0 spiro atoms. The third kappa shape index (κ3) is 3.96. The smallest absolute Gasteiger partial charge is 0.101 e. The number of nitrogens with zero attached hydrogens (tertiary/aromatic N) is 4. The second-order valence-corrected chi connectivity index (χ2v) is 11.6. The Bertz CT molecular complexity index is 2630. The molecule has 0 aliphatic heterocycles. The van der Waals surface area contributed by atoms with E-state index in [0.29, 0.717) is 5.56 Å². The molecule has 0 atom stereocenters. The average molecular weight is 587 g/mol. The van der Waals surface area contributed by atoms with Gasteiger partial charge in [0.15, 0.2) is 0 Å². The summed E-state index contributed by atoms with van der Waals surface area (Å²) in [4.78, 5) is 4.52. The molecule has 214 valence electrons. The molecule has 0 aliphatic carbocycles. The number of benzene rings is 6. The maximum Gasteiger partial charge on any atom is 0.101 e. The standard InChI is InChI=1S/C42H26N4/c43-26-28-20-22-37(44-27-28)31-12-8-10-29(24-31)30-11-9-15-33(25-30)45-39-19-7-5-17-36(39)41-40(45)23-21-35-34-16-4-6-18-38(34)46(42(35)41)32-13-2-1-3-14-32/h1-25,27H. The highest BCUT2D eigenvalue weighted by atomic mass is 15.0. The number of pyridine rings is 1. The summed E-state index contributed by atoms with van der Waals surface area (Å²) in [5.74, 6) is 0. The van der Waals surface area contributed by atoms with Crippen LogP contribution in [-0.4, -0.2) is 14.1 Å². The highest BCUT2D eigenvalue weighted by Crippen LogP contribution is 2.42. The van der Waals surface area contributed by atoms with E-state index in [4.69, 9.17) is 0 Å². The molecule has 6 aromatic carbocycles. The van der Waals surface area contributed by atoms with E-state index in [1.165, 1.54) is 43.6 Å². The molecule has 9 aromatic rings. The number of rotatable bonds is 4. The summed E-state index contributed by atoms with van der Waals surface area (Å²) in [6.07, 6.45) is 1.62. The molecule has 3 aromatic heterocycles. The molecule has 46 heavy (non-hydrogen) atoms. The molecule has 0 aliphatic rings. The molecular weight excluding hydrogens is 560 g/mol. The van der Waals surface area contributed by atoms with Crippen LogP contribution in [0.1, 0.15) is 5.56 Å². The number of hydrogen-bond acceptors (Lipinski definition) is 2. The quantitative estimate of drug-likeness (QED) is 0.206. The lowest BCUT2D eigenvalue weighted by atomic mass is 10.0. The van der Waals surface area contributed by atoms with Gasteiger partial charge in [-0.2, -0.15) is 5.26 Å². The van der Waals surface area contributed by atoms with Crippen molar-refractivity contribution < 1.29 is 0 Å². The van der Waals surface area contributed by atoms with Crippen LogP contribution in [0.4, 0.5) is 0 Å². The zero-order valence-corrected chi connectivity index (χ0v) is 24.8. The summed E-state index contributed by atoms with van der Waals surface area (Å²) in [6, 6.07) is 55.7. The number of para-hydroxylation sites is 3. The van der Waals surface area contributed by atoms with Gasteiger partial charge in [-0.25, -0.2) is 0 Å². The minimum Gasteiger partial charge on any atom is -0.309 e. The molecule has 4 heteroatoms. The molecule has 0 amide bonds. The van der Waals surface area contributed by atoms with Crippen LogP contribution in [0.3, 0.4) is 0 Å². The fraction of sp³-hybridized carbons (Fsp3) is 0. The number of fused-ring (bicyclic) bond motifs is 7. The SMILES string of the molecule is N#Cc1ccc(-c2cccc(-c3cccc(-n4c5ccccc5c5c4ccc4c6ccccc6n(-c6ccccc6)c45)c3)c2)nc1. The molecule has 3 heterocycles. The van der Waals surface area contributed by atoms with Gasteiger partial charge in [0.25, 0.3) is 0 Å². The Morgan fingerprint density at radius 2 is 1.15 bits per heavy atom. The van der Waals surface area contributed by atoms with Crippen molar-refractivity contribution in [3.63, 3.8) is 0 Å². The van der Waals surface area contributed by atoms with Crippen LogP contribution >= 0.6 is 0 Å². The Labute approximate surface area is 265 Å². The lowest BCUT2D eigenvalue weighted by molar-refractivity contribution is 1.17. The van der Waals surface area contributed by atoms with Crippen molar-refractivity contribution in [3.8, 4) is 39.8 Å². The molecule has 0 radical (unpaired) electrons. The Balaban J connectivity index is 1.28. The van der Waals surface area contributed by atoms with Gasteiger partial charge >= 0.3 is 0 Å². The van der Waals surface area contributed by atoms with Crippen molar-refractivity contribution in [2.75, 3.05) is 0 Å². The third-order valence-corrected chi connectivity index (χ3v) is 8.97. The number of aromatic nitrogens is 3. The minimum absolute atomic E-state index is 0.556. The van der Waals surface area contributed by atoms with Crippen molar-refractivity contribution in [1.29, 1.82) is 5.26 Å². The fourth-order valence-electron chi connectivity index (χ4n) is 6.95. The Kier molecular flexibility index (Phi) is 5.84. The van der Waals surface area contributed by atoms with Crippen LogP contribution in [0.25, 0.3) is 77.4 Å². The molecule has 0 saturated heterocycles. The monoisotopic (exact) mass is 586 g/mol. The number of nitriles is 1. The van der Waals surface area contributed by atoms with Gasteiger partial charge in [0, 0.05) is 44.7 Å². The molecule has 0 saturated carbocycles. The second kappa shape index (κ2) is 10.3. The van der Waals surface area contributed by atoms with Crippen LogP contribution < -0.4 is 0 Å². The van der Waals surface area contributed by atoms with Crippen molar-refractivity contribution in [2.24, 2.45) is 0 Å². The van der Waals surface area contributed by atoms with E-state index in [0.717, 1.165) is 33.8 Å². The first-order valence-electron chi connectivity index (χ1n) is 15.4. The first-order chi connectivity index (χ1) is 22.8. The minimum atomic E-state index is 0.556. The van der Waals surface area contributed by atoms with Gasteiger partial charge in [0.05, 0.1) is 33.3 Å². The van der Waals surface area contributed by atoms with Gasteiger partial charge in [-0.3, -0.25) is 4.98 Å². The summed E-state index contributed by atoms with van der Waals surface area (Å²) in [6.45, 7) is 0. The third-order valence-electron chi connectivity index (χ3n) is 8.97. The summed E-state index contributed by atoms with van der Waals surface area (Å²) in [5.41, 5.74) is 11.7. The summed E-state index contributed by atoms with van der Waals surface area (Å²) >= 11 is 0. The molecule has 0 fully saturated rings. The van der Waals surface area contributed by atoms with Crippen LogP contribution in [0.15, 0.2) is 158 Å². The first-order valence-corrected chi connectivity index (χ1v) is 15.4. The van der Waals surface area contributed by atoms with Crippen molar-refractivity contribution in [3.05, 3.63) is 163 Å². The van der Waals surface area contributed by atoms with E-state index in [-0.39, 0.29) is 0 Å². The lowest BCUT2D eigenvalue weighted by Gasteiger charge is -2.12. The Hall–Kier alpha value is -6.44. The van der Waals surface area contributed by atoms with E-state index in [9.17, 15) is 5.26 Å². The zero-order valence-electron chi connectivity index (χ0n) is 24.8. The second-order valence-electron chi connectivity index (χ2n) is 11.6. The molecule has 0 N–H and O–H groups in total. The Morgan fingerprint density at radius 1 is 0.478 bits per heavy atom. The van der Waals surface area contributed by atoms with Crippen LogP contribution in [0.5, 0.6) is 0 Å². The van der Waals surface area contributed by atoms with Gasteiger partial charge in [0.2, 0.25) is 0 Å². The van der Waals surface area contributed by atoms with E-state index in [1.54, 1.807) is 6.20 Å². The van der Waals surface area contributed by atoms with Crippen molar-refractivity contribution in [1.82, 2.24) is 14.1 Å². The van der Waals surface area contributed by atoms with Gasteiger partial charge in [-0.1, -0.05) is 91.0 Å². The number of hydrogen-bond donors (Lipinski definition) is 0. The maximum absolute atomic E-state index is 9.19. The van der Waals surface area contributed by atoms with E-state index >= 15 is 0 Å². The van der Waals surface area contributed by atoms with Crippen LogP contribution in [0.2, 0.25) is 0 Å². The zero-order chi connectivity index (χ0) is 30.6. The fourth-order valence-corrected chi connectivity index (χ4v) is 6.95. The molecule has 4 nitrogen and oxygen atoms in total. The van der Waals surface area contributed by atoms with Crippen LogP contribution in [0, 0.1) is 11.3 Å². The van der Waals surface area contributed by atoms with E-state index in [1.807, 2.05) is 12.1 Å². The predicted octanol–water partition coefficient (Wildman–Crippen LogP) is 10.5. The summed E-state index contributed by atoms with van der Waals surface area (Å²) < 4.78 is 4.81. The molecular formula is C42H26N4. The Morgan fingerprint density at radius 3 is 1.93 bits per heavy atom. The van der Waals surface area contributed by atoms with Gasteiger partial charge < -0.3 is 9.13 Å². The van der Waals surface area contributed by atoms with E-state index < -0.39 is 0 Å². The molecule has 9 rings (SSSR count). The molecule has 0 unspecified atom stereocenters. The highest BCUT2D eigenvalue weighted by Gasteiger charge is 2.20. The van der Waals surface area contributed by atoms with Crippen molar-refractivity contribution >= 4 is 43.6 Å². The lowest BCUT2D eigenvalue weighted by Crippen LogP contribution is -1.95. The summed E-state index contributed by atoms with van der Waals surface area (Å²) in [5, 5.41) is 14.1. The summed E-state index contributed by atoms with van der Waals surface area (Å²) in [7, 11) is 0. The average Bonchev–Trinajstić information content (AvgIpc) is 3.65. The predicted molar refractivity (Wildman–Crippen MR) is 189 cm³/mol. The van der Waals surface area contributed by atoms with E-state index in [2.05, 4.69) is 160 Å². The van der Waals surface area contributed by atoms with Crippen LogP contribution in [-0.2, 0) is 0 Å². The molecule has 0 bridgehead atoms. The largest absolute Gasteiger partial charge is 0.309 e. The van der Waals surface area contributed by atoms with Gasteiger partial charge in [-0.05, 0) is 71.8 Å². The van der Waals surface area contributed by atoms with Gasteiger partial charge in [-0.15, -0.1) is 0 Å². The first kappa shape index (κ1) is 26.0.